The van der Waals surface area contributed by atoms with Crippen LogP contribution in [0.2, 0.25) is 5.02 Å². The third-order valence-electron chi connectivity index (χ3n) is 1.51. The molecule has 0 atom stereocenters. The van der Waals surface area contributed by atoms with Gasteiger partial charge in [0.05, 0.1) is 11.2 Å². The molecule has 0 aliphatic carbocycles. The number of nitrogens with one attached hydrogen (secondary N) is 1. The lowest BCUT2D eigenvalue weighted by Gasteiger charge is -2.03. The minimum atomic E-state index is -0.223. The van der Waals surface area contributed by atoms with Crippen LogP contribution >= 0.6 is 24.2 Å². The van der Waals surface area contributed by atoms with Crippen LogP contribution in [0.5, 0.6) is 0 Å². The number of hydrogen-bond acceptors (Lipinski definition) is 3. The predicted octanol–water partition coefficient (Wildman–Crippen LogP) is 0.733. The molecule has 6 heteroatoms. The molecule has 1 N–H and O–H groups in total. The van der Waals surface area contributed by atoms with Crippen molar-refractivity contribution in [3.05, 3.63) is 16.9 Å². The molecular formula is C7H10ClN3OS. The zero-order valence-corrected chi connectivity index (χ0v) is 8.77. The molecule has 0 aromatic carbocycles. The lowest BCUT2D eigenvalue weighted by atomic mass is 10.4. The van der Waals surface area contributed by atoms with Gasteiger partial charge in [0.15, 0.2) is 0 Å². The van der Waals surface area contributed by atoms with Gasteiger partial charge < -0.3 is 5.32 Å². The van der Waals surface area contributed by atoms with Crippen molar-refractivity contribution in [3.63, 3.8) is 0 Å². The third-order valence-corrected chi connectivity index (χ3v) is 2.01. The summed E-state index contributed by atoms with van der Waals surface area (Å²) in [4.78, 5) is 11.4. The molecule has 0 radical (unpaired) electrons. The summed E-state index contributed by atoms with van der Waals surface area (Å²) in [5.74, 6) is 0.375. The molecule has 1 heterocycles. The van der Waals surface area contributed by atoms with Gasteiger partial charge in [-0.1, -0.05) is 11.6 Å². The van der Waals surface area contributed by atoms with E-state index >= 15 is 0 Å². The summed E-state index contributed by atoms with van der Waals surface area (Å²) in [6.07, 6.45) is 1.44. The fourth-order valence-electron chi connectivity index (χ4n) is 0.919. The Hall–Kier alpha value is -0.680. The number of halogens is 1. The Morgan fingerprint density at radius 3 is 3.00 bits per heavy atom. The molecule has 1 aromatic rings. The molecule has 1 amide bonds. The van der Waals surface area contributed by atoms with Crippen LogP contribution in [0.15, 0.2) is 6.20 Å². The molecule has 0 fully saturated rings. The van der Waals surface area contributed by atoms with Crippen molar-refractivity contribution in [3.8, 4) is 0 Å². The van der Waals surface area contributed by atoms with Gasteiger partial charge in [-0.2, -0.15) is 17.7 Å². The van der Waals surface area contributed by atoms with Gasteiger partial charge in [-0.3, -0.25) is 9.48 Å². The number of aryl methyl sites for hydroxylation is 1. The first-order valence-electron chi connectivity index (χ1n) is 3.73. The Kier molecular flexibility index (Phi) is 3.62. The van der Waals surface area contributed by atoms with Crippen LogP contribution in [0.1, 0.15) is 10.5 Å². The Morgan fingerprint density at radius 1 is 1.85 bits per heavy atom. The summed E-state index contributed by atoms with van der Waals surface area (Å²) in [6.45, 7) is 0.517. The molecule has 72 valence electrons. The maximum atomic E-state index is 11.4. The van der Waals surface area contributed by atoms with Gasteiger partial charge in [0.1, 0.15) is 5.69 Å². The molecule has 0 aliphatic heterocycles. The maximum absolute atomic E-state index is 11.4. The predicted molar refractivity (Wildman–Crippen MR) is 54.4 cm³/mol. The highest BCUT2D eigenvalue weighted by Gasteiger charge is 2.14. The second-order valence-electron chi connectivity index (χ2n) is 2.44. The zero-order chi connectivity index (χ0) is 9.84. The third kappa shape index (κ3) is 2.38. The van der Waals surface area contributed by atoms with Gasteiger partial charge >= 0.3 is 0 Å². The Bertz CT molecular complexity index is 293. The molecule has 4 nitrogen and oxygen atoms in total. The van der Waals surface area contributed by atoms with Crippen molar-refractivity contribution >= 4 is 30.1 Å². The number of aromatic nitrogens is 2. The molecular weight excluding hydrogens is 210 g/mol. The number of amides is 1. The first-order chi connectivity index (χ1) is 6.16. The van der Waals surface area contributed by atoms with Crippen molar-refractivity contribution in [2.75, 3.05) is 12.3 Å². The minimum absolute atomic E-state index is 0.223. The van der Waals surface area contributed by atoms with Gasteiger partial charge in [0.25, 0.3) is 5.91 Å². The topological polar surface area (TPSA) is 46.9 Å². The average Bonchev–Trinajstić information content (AvgIpc) is 2.42. The molecule has 0 unspecified atom stereocenters. The summed E-state index contributed by atoms with van der Waals surface area (Å²) in [5, 5.41) is 6.87. The fraction of sp³-hybridized carbons (Fsp3) is 0.429. The molecule has 0 aliphatic rings. The largest absolute Gasteiger partial charge is 0.350 e. The fourth-order valence-corrected chi connectivity index (χ4v) is 1.28. The Balaban J connectivity index is 2.76. The van der Waals surface area contributed by atoms with Gasteiger partial charge in [0, 0.05) is 19.3 Å². The molecule has 0 saturated carbocycles. The van der Waals surface area contributed by atoms with Crippen LogP contribution < -0.4 is 5.32 Å². The molecule has 0 spiro atoms. The van der Waals surface area contributed by atoms with E-state index < -0.39 is 0 Å². The standard InChI is InChI=1S/C7H10ClN3OS/c1-11-6(5(8)4-10-11)7(12)9-2-3-13/h4,13H,2-3H2,1H3,(H,9,12). The van der Waals surface area contributed by atoms with Crippen molar-refractivity contribution in [2.24, 2.45) is 7.05 Å². The van der Waals surface area contributed by atoms with Crippen LogP contribution in [0, 0.1) is 0 Å². The van der Waals surface area contributed by atoms with Crippen molar-refractivity contribution in [2.45, 2.75) is 0 Å². The second kappa shape index (κ2) is 4.53. The highest BCUT2D eigenvalue weighted by Crippen LogP contribution is 2.13. The number of hydrogen-bond donors (Lipinski definition) is 2. The first-order valence-corrected chi connectivity index (χ1v) is 4.74. The quantitative estimate of drug-likeness (QED) is 0.737. The van der Waals surface area contributed by atoms with E-state index in [4.69, 9.17) is 11.6 Å². The summed E-state index contributed by atoms with van der Waals surface area (Å²) < 4.78 is 1.44. The summed E-state index contributed by atoms with van der Waals surface area (Å²) in [7, 11) is 1.67. The van der Waals surface area contributed by atoms with E-state index in [0.29, 0.717) is 23.0 Å². The van der Waals surface area contributed by atoms with E-state index in [-0.39, 0.29) is 5.91 Å². The monoisotopic (exact) mass is 219 g/mol. The molecule has 0 saturated heterocycles. The number of nitrogens with zero attached hydrogens (tertiary/aromatic N) is 2. The number of thiol groups is 1. The molecule has 13 heavy (non-hydrogen) atoms. The van der Waals surface area contributed by atoms with Crippen LogP contribution in [-0.2, 0) is 7.05 Å². The van der Waals surface area contributed by atoms with Gasteiger partial charge in [-0.15, -0.1) is 0 Å². The van der Waals surface area contributed by atoms with E-state index in [9.17, 15) is 4.79 Å². The zero-order valence-electron chi connectivity index (χ0n) is 7.12. The smallest absolute Gasteiger partial charge is 0.271 e. The maximum Gasteiger partial charge on any atom is 0.271 e. The van der Waals surface area contributed by atoms with Crippen LogP contribution in [0.3, 0.4) is 0 Å². The van der Waals surface area contributed by atoms with E-state index in [1.54, 1.807) is 7.05 Å². The molecule has 0 bridgehead atoms. The van der Waals surface area contributed by atoms with Crippen molar-refractivity contribution < 1.29 is 4.79 Å². The highest BCUT2D eigenvalue weighted by molar-refractivity contribution is 7.80. The van der Waals surface area contributed by atoms with Crippen LogP contribution in [0.4, 0.5) is 0 Å². The van der Waals surface area contributed by atoms with E-state index in [2.05, 4.69) is 23.0 Å². The summed E-state index contributed by atoms with van der Waals surface area (Å²) in [5.41, 5.74) is 0.378. The van der Waals surface area contributed by atoms with E-state index in [1.165, 1.54) is 10.9 Å². The number of carbonyl (C=O) groups excluding carboxylic acids is 1. The Morgan fingerprint density at radius 2 is 2.54 bits per heavy atom. The lowest BCUT2D eigenvalue weighted by Crippen LogP contribution is -2.27. The van der Waals surface area contributed by atoms with E-state index in [0.717, 1.165) is 0 Å². The second-order valence-corrected chi connectivity index (χ2v) is 3.30. The van der Waals surface area contributed by atoms with E-state index in [1.807, 2.05) is 0 Å². The van der Waals surface area contributed by atoms with Crippen LogP contribution in [-0.4, -0.2) is 28.0 Å². The number of rotatable bonds is 3. The highest BCUT2D eigenvalue weighted by atomic mass is 35.5. The van der Waals surface area contributed by atoms with Gasteiger partial charge in [0.2, 0.25) is 0 Å². The first kappa shape index (κ1) is 10.4. The summed E-state index contributed by atoms with van der Waals surface area (Å²) in [6, 6.07) is 0. The van der Waals surface area contributed by atoms with Gasteiger partial charge in [-0.25, -0.2) is 0 Å². The van der Waals surface area contributed by atoms with Crippen molar-refractivity contribution in [1.82, 2.24) is 15.1 Å². The van der Waals surface area contributed by atoms with Gasteiger partial charge in [-0.05, 0) is 0 Å². The van der Waals surface area contributed by atoms with Crippen molar-refractivity contribution in [1.29, 1.82) is 0 Å². The van der Waals surface area contributed by atoms with Crippen LogP contribution in [0.25, 0.3) is 0 Å². The normalized spacial score (nSPS) is 10.1. The SMILES string of the molecule is Cn1ncc(Cl)c1C(=O)NCCS. The minimum Gasteiger partial charge on any atom is -0.350 e. The molecule has 1 rings (SSSR count). The Labute approximate surface area is 86.7 Å². The average molecular weight is 220 g/mol. The molecule has 1 aromatic heterocycles. The lowest BCUT2D eigenvalue weighted by molar-refractivity contribution is 0.0947. The number of carbonyl (C=O) groups is 1. The summed E-state index contributed by atoms with van der Waals surface area (Å²) >= 11 is 9.73.